The van der Waals surface area contributed by atoms with Gasteiger partial charge in [0.05, 0.1) is 0 Å². The topological polar surface area (TPSA) is 0 Å². The van der Waals surface area contributed by atoms with Gasteiger partial charge in [0.15, 0.2) is 0 Å². The van der Waals surface area contributed by atoms with Crippen molar-refractivity contribution >= 4 is 9.52 Å². The fraction of sp³-hybridized carbons (Fsp3) is 0.306. The van der Waals surface area contributed by atoms with Crippen LogP contribution in [0.5, 0.6) is 0 Å². The second kappa shape index (κ2) is 18.1. The van der Waals surface area contributed by atoms with Crippen LogP contribution in [0.2, 0.25) is 11.1 Å². The molecule has 0 radical (unpaired) electrons. The Morgan fingerprint density at radius 3 is 1.45 bits per heavy atom. The molecule has 0 saturated heterocycles. The van der Waals surface area contributed by atoms with E-state index in [4.69, 9.17) is 0 Å². The Morgan fingerprint density at radius 2 is 1.11 bits per heavy atom. The van der Waals surface area contributed by atoms with Crippen LogP contribution in [-0.2, 0) is 21.7 Å². The summed E-state index contributed by atoms with van der Waals surface area (Å²) >= 11 is 0. The predicted molar refractivity (Wildman–Crippen MR) is 167 cm³/mol. The van der Waals surface area contributed by atoms with Crippen LogP contribution in [0.25, 0.3) is 0 Å². The Bertz CT molecular complexity index is 987. The average Bonchev–Trinajstić information content (AvgIpc) is 3.21. The van der Waals surface area contributed by atoms with Gasteiger partial charge in [0.25, 0.3) is 0 Å². The standard InChI is InChI=1S/C15H25Si.3C7H7.Ti/c1-11-9-12(10-16-15(2,3)4)14-8-6-5-7-13(11)14;3*1-7-5-3-2-4-6-7;/h12H,5-8,10,16H2,1-4H3;3*2-6H,1H2;/q4*-1;+4. The first kappa shape index (κ1) is 33.7. The van der Waals surface area contributed by atoms with Gasteiger partial charge < -0.3 is 0 Å². The maximum atomic E-state index is 3.75. The molecule has 0 spiro atoms. The van der Waals surface area contributed by atoms with Crippen molar-refractivity contribution in [1.82, 2.24) is 0 Å². The molecule has 0 fully saturated rings. The van der Waals surface area contributed by atoms with Crippen molar-refractivity contribution in [3.8, 4) is 0 Å². The zero-order chi connectivity index (χ0) is 27.1. The van der Waals surface area contributed by atoms with Gasteiger partial charge >= 0.3 is 21.7 Å². The summed E-state index contributed by atoms with van der Waals surface area (Å²) in [4.78, 5) is 0. The third-order valence-corrected chi connectivity index (χ3v) is 8.85. The number of allylic oxidation sites excluding steroid dienone is 4. The number of hydrogen-bond donors (Lipinski definition) is 0. The van der Waals surface area contributed by atoms with E-state index in [1.807, 2.05) is 91.0 Å². The predicted octanol–water partition coefficient (Wildman–Crippen LogP) is 9.65. The molecule has 198 valence electrons. The van der Waals surface area contributed by atoms with E-state index in [0.29, 0.717) is 5.04 Å². The van der Waals surface area contributed by atoms with Gasteiger partial charge in [-0.05, 0) is 11.5 Å². The van der Waals surface area contributed by atoms with Gasteiger partial charge in [0, 0.05) is 9.52 Å². The summed E-state index contributed by atoms with van der Waals surface area (Å²) in [5.74, 6) is 0.723. The quantitative estimate of drug-likeness (QED) is 0.219. The summed E-state index contributed by atoms with van der Waals surface area (Å²) in [7, 11) is 0.0402. The normalized spacial score (nSPS) is 15.9. The number of benzene rings is 3. The molecule has 1 atom stereocenters. The second-order valence-corrected chi connectivity index (χ2v) is 14.3. The molecule has 2 aliphatic carbocycles. The van der Waals surface area contributed by atoms with E-state index in [9.17, 15) is 0 Å². The summed E-state index contributed by atoms with van der Waals surface area (Å²) in [5, 5.41) is 0.605. The van der Waals surface area contributed by atoms with Gasteiger partial charge in [0.1, 0.15) is 0 Å². The summed E-state index contributed by atoms with van der Waals surface area (Å²) in [5.41, 5.74) is 8.18. The molecule has 1 unspecified atom stereocenters. The zero-order valence-corrected chi connectivity index (χ0v) is 27.1. The van der Waals surface area contributed by atoms with E-state index in [1.165, 1.54) is 37.3 Å². The molecule has 3 aromatic carbocycles. The molecule has 5 rings (SSSR count). The van der Waals surface area contributed by atoms with Gasteiger partial charge in [0.2, 0.25) is 0 Å². The molecule has 2 heteroatoms. The maximum absolute atomic E-state index is 3.75. The smallest absolute Gasteiger partial charge is 0.266 e. The van der Waals surface area contributed by atoms with E-state index in [-0.39, 0.29) is 31.2 Å². The Hall–Kier alpha value is -2.32. The van der Waals surface area contributed by atoms with Gasteiger partial charge in [-0.1, -0.05) is 77.1 Å². The van der Waals surface area contributed by atoms with Crippen molar-refractivity contribution in [2.24, 2.45) is 5.92 Å². The zero-order valence-electron chi connectivity index (χ0n) is 24.1. The molecule has 0 nitrogen and oxygen atoms in total. The Balaban J connectivity index is 0.000000276. The van der Waals surface area contributed by atoms with Gasteiger partial charge in [-0.15, -0.1) is 36.4 Å². The van der Waals surface area contributed by atoms with E-state index in [2.05, 4.69) is 54.5 Å². The monoisotopic (exact) mass is 554 g/mol. The first-order valence-electron chi connectivity index (χ1n) is 13.6. The van der Waals surface area contributed by atoms with Crippen LogP contribution >= 0.6 is 0 Å². The molecule has 2 aliphatic rings. The molecule has 0 amide bonds. The van der Waals surface area contributed by atoms with Crippen LogP contribution in [0.3, 0.4) is 0 Å². The third-order valence-electron chi connectivity index (χ3n) is 6.49. The fourth-order valence-corrected chi connectivity index (χ4v) is 6.08. The van der Waals surface area contributed by atoms with Crippen LogP contribution < -0.4 is 0 Å². The summed E-state index contributed by atoms with van der Waals surface area (Å²) in [6, 6.07) is 31.1. The SMILES string of the molecule is CC1=[C-]C(C[SiH2]C(C)(C)C)C2=C1CCCC2.[CH2-]c1ccccc1.[CH2-]c1ccccc1.[CH2-]c1ccccc1.[Ti+4]. The minimum absolute atomic E-state index is 0. The third kappa shape index (κ3) is 14.0. The van der Waals surface area contributed by atoms with Crippen LogP contribution in [0.15, 0.2) is 108 Å². The molecule has 0 aliphatic heterocycles. The largest absolute Gasteiger partial charge is 4.00 e. The molecule has 38 heavy (non-hydrogen) atoms. The van der Waals surface area contributed by atoms with Crippen molar-refractivity contribution in [3.05, 3.63) is 151 Å². The molecule has 0 bridgehead atoms. The maximum Gasteiger partial charge on any atom is 4.00 e. The Kier molecular flexibility index (Phi) is 16.0. The van der Waals surface area contributed by atoms with E-state index in [0.717, 1.165) is 22.6 Å². The summed E-state index contributed by atoms with van der Waals surface area (Å²) < 4.78 is 0. The number of hydrogen-bond acceptors (Lipinski definition) is 0. The molecule has 0 heterocycles. The first-order chi connectivity index (χ1) is 17.7. The molecule has 0 N–H and O–H groups in total. The van der Waals surface area contributed by atoms with Gasteiger partial charge in [-0.2, -0.15) is 85.0 Å². The van der Waals surface area contributed by atoms with Crippen LogP contribution in [0.4, 0.5) is 0 Å². The van der Waals surface area contributed by atoms with E-state index >= 15 is 0 Å². The van der Waals surface area contributed by atoms with Gasteiger partial charge in [-0.3, -0.25) is 6.08 Å². The Labute approximate surface area is 251 Å². The Morgan fingerprint density at radius 1 is 0.711 bits per heavy atom. The van der Waals surface area contributed by atoms with Crippen molar-refractivity contribution in [3.63, 3.8) is 0 Å². The minimum Gasteiger partial charge on any atom is -0.266 e. The fourth-order valence-electron chi connectivity index (χ4n) is 4.43. The minimum atomic E-state index is 0. The van der Waals surface area contributed by atoms with E-state index < -0.39 is 0 Å². The van der Waals surface area contributed by atoms with Crippen molar-refractivity contribution in [1.29, 1.82) is 0 Å². The van der Waals surface area contributed by atoms with E-state index in [1.54, 1.807) is 11.1 Å². The molecule has 0 saturated carbocycles. The van der Waals surface area contributed by atoms with Crippen LogP contribution in [-0.4, -0.2) is 9.52 Å². The summed E-state index contributed by atoms with van der Waals surface area (Å²) in [6.45, 7) is 20.6. The van der Waals surface area contributed by atoms with Crippen LogP contribution in [0.1, 0.15) is 70.1 Å². The van der Waals surface area contributed by atoms with Crippen molar-refractivity contribution in [2.75, 3.05) is 0 Å². The average molecular weight is 555 g/mol. The number of rotatable bonds is 2. The molecule has 3 aromatic rings. The molecule has 0 aromatic heterocycles. The van der Waals surface area contributed by atoms with Crippen molar-refractivity contribution in [2.45, 2.75) is 64.5 Å². The first-order valence-corrected chi connectivity index (χ1v) is 15.3. The molecular formula is C36H46SiTi. The van der Waals surface area contributed by atoms with Crippen LogP contribution in [0, 0.1) is 32.8 Å². The summed E-state index contributed by atoms with van der Waals surface area (Å²) in [6.07, 6.45) is 9.27. The van der Waals surface area contributed by atoms with Gasteiger partial charge in [-0.25, -0.2) is 5.57 Å². The van der Waals surface area contributed by atoms with Crippen molar-refractivity contribution < 1.29 is 21.7 Å². The molecular weight excluding hydrogens is 508 g/mol. The second-order valence-electron chi connectivity index (χ2n) is 11.1.